The molecule has 1 heterocycles. The molecule has 1 amide bonds. The van der Waals surface area contributed by atoms with Gasteiger partial charge < -0.3 is 14.7 Å². The molecule has 1 saturated heterocycles. The number of nitrogens with zero attached hydrogens (tertiary/aromatic N) is 1. The smallest absolute Gasteiger partial charge is 0.311 e. The van der Waals surface area contributed by atoms with Gasteiger partial charge in [0, 0.05) is 13.1 Å². The number of carboxylic acid groups (broad SMARTS) is 1. The number of carbonyl (C=O) groups is 2. The van der Waals surface area contributed by atoms with E-state index in [1.165, 1.54) is 0 Å². The third-order valence-corrected chi connectivity index (χ3v) is 4.19. The van der Waals surface area contributed by atoms with Crippen molar-refractivity contribution < 1.29 is 19.4 Å². The lowest BCUT2D eigenvalue weighted by atomic mass is 9.84. The molecule has 1 aromatic carbocycles. The predicted octanol–water partition coefficient (Wildman–Crippen LogP) is 2.09. The van der Waals surface area contributed by atoms with E-state index in [0.717, 1.165) is 5.56 Å². The second kappa shape index (κ2) is 6.16. The first kappa shape index (κ1) is 15.4. The monoisotopic (exact) mass is 291 g/mol. The maximum Gasteiger partial charge on any atom is 0.311 e. The van der Waals surface area contributed by atoms with E-state index >= 15 is 0 Å². The summed E-state index contributed by atoms with van der Waals surface area (Å²) in [7, 11) is 0. The molecule has 0 saturated carbocycles. The molecule has 0 spiro atoms. The van der Waals surface area contributed by atoms with E-state index < -0.39 is 11.4 Å². The van der Waals surface area contributed by atoms with Crippen LogP contribution in [-0.2, 0) is 9.59 Å². The molecule has 0 bridgehead atoms. The Morgan fingerprint density at radius 3 is 2.76 bits per heavy atom. The standard InChI is InChI=1S/C16H21NO4/c1-3-16(15(19)20)7-8-17(11-16)14(18)10-21-13-6-4-5-12(2)9-13/h4-6,9H,3,7-8,10-11H2,1-2H3,(H,19,20). The van der Waals surface area contributed by atoms with Crippen LogP contribution in [0.3, 0.4) is 0 Å². The molecule has 1 atom stereocenters. The van der Waals surface area contributed by atoms with E-state index in [1.54, 1.807) is 11.0 Å². The van der Waals surface area contributed by atoms with Crippen molar-refractivity contribution in [3.05, 3.63) is 29.8 Å². The summed E-state index contributed by atoms with van der Waals surface area (Å²) in [5, 5.41) is 9.33. The van der Waals surface area contributed by atoms with Crippen molar-refractivity contribution in [2.75, 3.05) is 19.7 Å². The van der Waals surface area contributed by atoms with Crippen LogP contribution in [0, 0.1) is 12.3 Å². The molecule has 1 aliphatic rings. The van der Waals surface area contributed by atoms with Crippen LogP contribution in [0.4, 0.5) is 0 Å². The number of amides is 1. The van der Waals surface area contributed by atoms with Gasteiger partial charge in [-0.05, 0) is 37.5 Å². The van der Waals surface area contributed by atoms with Gasteiger partial charge in [-0.25, -0.2) is 0 Å². The number of aryl methyl sites for hydroxylation is 1. The fourth-order valence-electron chi connectivity index (χ4n) is 2.64. The molecule has 1 aromatic rings. The lowest BCUT2D eigenvalue weighted by molar-refractivity contribution is -0.148. The molecule has 1 unspecified atom stereocenters. The van der Waals surface area contributed by atoms with Crippen molar-refractivity contribution in [3.63, 3.8) is 0 Å². The van der Waals surface area contributed by atoms with Crippen molar-refractivity contribution in [3.8, 4) is 5.75 Å². The highest BCUT2D eigenvalue weighted by Crippen LogP contribution is 2.34. The molecule has 0 aromatic heterocycles. The third-order valence-electron chi connectivity index (χ3n) is 4.19. The molecule has 0 aliphatic carbocycles. The summed E-state index contributed by atoms with van der Waals surface area (Å²) in [5.74, 6) is -0.324. The van der Waals surface area contributed by atoms with Gasteiger partial charge in [0.1, 0.15) is 5.75 Å². The van der Waals surface area contributed by atoms with Gasteiger partial charge in [-0.1, -0.05) is 19.1 Å². The van der Waals surface area contributed by atoms with Gasteiger partial charge >= 0.3 is 5.97 Å². The van der Waals surface area contributed by atoms with Gasteiger partial charge in [-0.3, -0.25) is 9.59 Å². The average molecular weight is 291 g/mol. The summed E-state index contributed by atoms with van der Waals surface area (Å²) in [6.45, 7) is 4.51. The number of ether oxygens (including phenoxy) is 1. The van der Waals surface area contributed by atoms with Crippen molar-refractivity contribution in [1.82, 2.24) is 4.90 Å². The Balaban J connectivity index is 1.92. The number of likely N-dealkylation sites (tertiary alicyclic amines) is 1. The molecule has 0 radical (unpaired) electrons. The number of carbonyl (C=O) groups excluding carboxylic acids is 1. The first-order valence-corrected chi connectivity index (χ1v) is 7.17. The quantitative estimate of drug-likeness (QED) is 0.902. The summed E-state index contributed by atoms with van der Waals surface area (Å²) in [6.07, 6.45) is 1.04. The van der Waals surface area contributed by atoms with E-state index in [-0.39, 0.29) is 19.1 Å². The van der Waals surface area contributed by atoms with Crippen molar-refractivity contribution in [2.45, 2.75) is 26.7 Å². The van der Waals surface area contributed by atoms with Crippen LogP contribution in [0.25, 0.3) is 0 Å². The Labute approximate surface area is 124 Å². The fourth-order valence-corrected chi connectivity index (χ4v) is 2.64. The highest BCUT2D eigenvalue weighted by molar-refractivity contribution is 5.81. The molecule has 5 heteroatoms. The molecule has 1 N–H and O–H groups in total. The van der Waals surface area contributed by atoms with E-state index in [9.17, 15) is 14.7 Å². The maximum atomic E-state index is 12.1. The SMILES string of the molecule is CCC1(C(=O)O)CCN(C(=O)COc2cccc(C)c2)C1. The molecular weight excluding hydrogens is 270 g/mol. The number of hydrogen-bond donors (Lipinski definition) is 1. The molecule has 114 valence electrons. The highest BCUT2D eigenvalue weighted by atomic mass is 16.5. The summed E-state index contributed by atoms with van der Waals surface area (Å²) in [5.41, 5.74) is 0.274. The van der Waals surface area contributed by atoms with Crippen molar-refractivity contribution in [1.29, 1.82) is 0 Å². The number of rotatable bonds is 5. The van der Waals surface area contributed by atoms with Crippen LogP contribution in [0.5, 0.6) is 5.75 Å². The summed E-state index contributed by atoms with van der Waals surface area (Å²) in [6, 6.07) is 7.50. The largest absolute Gasteiger partial charge is 0.484 e. The first-order valence-electron chi connectivity index (χ1n) is 7.17. The fraction of sp³-hybridized carbons (Fsp3) is 0.500. The third kappa shape index (κ3) is 3.35. The molecule has 5 nitrogen and oxygen atoms in total. The van der Waals surface area contributed by atoms with Crippen LogP contribution < -0.4 is 4.74 Å². The Bertz CT molecular complexity index is 543. The van der Waals surface area contributed by atoms with Gasteiger partial charge in [-0.15, -0.1) is 0 Å². The molecule has 1 aliphatic heterocycles. The number of carboxylic acids is 1. The molecular formula is C16H21NO4. The van der Waals surface area contributed by atoms with Gasteiger partial charge in [0.2, 0.25) is 0 Å². The Morgan fingerprint density at radius 2 is 2.19 bits per heavy atom. The van der Waals surface area contributed by atoms with E-state index in [2.05, 4.69) is 0 Å². The number of hydrogen-bond acceptors (Lipinski definition) is 3. The van der Waals surface area contributed by atoms with Gasteiger partial charge in [0.25, 0.3) is 5.91 Å². The van der Waals surface area contributed by atoms with E-state index in [0.29, 0.717) is 25.1 Å². The second-order valence-electron chi connectivity index (χ2n) is 5.61. The lowest BCUT2D eigenvalue weighted by Gasteiger charge is -2.23. The van der Waals surface area contributed by atoms with Gasteiger partial charge in [-0.2, -0.15) is 0 Å². The summed E-state index contributed by atoms with van der Waals surface area (Å²) >= 11 is 0. The van der Waals surface area contributed by atoms with Crippen LogP contribution in [0.15, 0.2) is 24.3 Å². The van der Waals surface area contributed by atoms with Crippen LogP contribution >= 0.6 is 0 Å². The minimum Gasteiger partial charge on any atom is -0.484 e. The normalized spacial score (nSPS) is 21.3. The minimum atomic E-state index is -0.820. The average Bonchev–Trinajstić information content (AvgIpc) is 2.91. The Morgan fingerprint density at radius 1 is 1.43 bits per heavy atom. The zero-order chi connectivity index (χ0) is 15.5. The van der Waals surface area contributed by atoms with Crippen molar-refractivity contribution >= 4 is 11.9 Å². The zero-order valence-electron chi connectivity index (χ0n) is 12.5. The van der Waals surface area contributed by atoms with Crippen LogP contribution in [0.1, 0.15) is 25.3 Å². The summed E-state index contributed by atoms with van der Waals surface area (Å²) in [4.78, 5) is 25.1. The number of aliphatic carboxylic acids is 1. The molecule has 1 fully saturated rings. The maximum absolute atomic E-state index is 12.1. The first-order chi connectivity index (χ1) is 9.97. The zero-order valence-corrected chi connectivity index (χ0v) is 12.5. The second-order valence-corrected chi connectivity index (χ2v) is 5.61. The summed E-state index contributed by atoms with van der Waals surface area (Å²) < 4.78 is 5.48. The van der Waals surface area contributed by atoms with Crippen molar-refractivity contribution in [2.24, 2.45) is 5.41 Å². The van der Waals surface area contributed by atoms with E-state index in [1.807, 2.05) is 32.0 Å². The Hall–Kier alpha value is -2.04. The van der Waals surface area contributed by atoms with Crippen LogP contribution in [-0.4, -0.2) is 41.6 Å². The molecule has 21 heavy (non-hydrogen) atoms. The van der Waals surface area contributed by atoms with Gasteiger partial charge in [0.05, 0.1) is 5.41 Å². The minimum absolute atomic E-state index is 0.0527. The lowest BCUT2D eigenvalue weighted by Crippen LogP contribution is -2.38. The number of benzene rings is 1. The Kier molecular flexibility index (Phi) is 4.50. The van der Waals surface area contributed by atoms with Gasteiger partial charge in [0.15, 0.2) is 6.61 Å². The topological polar surface area (TPSA) is 66.8 Å². The van der Waals surface area contributed by atoms with Crippen LogP contribution in [0.2, 0.25) is 0 Å². The highest BCUT2D eigenvalue weighted by Gasteiger charge is 2.44. The van der Waals surface area contributed by atoms with E-state index in [4.69, 9.17) is 4.74 Å². The predicted molar refractivity (Wildman–Crippen MR) is 78.2 cm³/mol. The molecule has 2 rings (SSSR count).